The molecule has 1 aromatic heterocycles. The average Bonchev–Trinajstić information content (AvgIpc) is 3.23. The SMILES string of the molecule is Cc1cccc(-c2nnc(SC(C)C(=O)Nc3cc([N+](=O)[O-])ccc3C)n2-c2cccc(Cl)c2)c1. The molecule has 0 aliphatic rings. The van der Waals surface area contributed by atoms with E-state index < -0.39 is 10.2 Å². The van der Waals surface area contributed by atoms with Crippen LogP contribution in [0.15, 0.2) is 71.9 Å². The largest absolute Gasteiger partial charge is 0.325 e. The summed E-state index contributed by atoms with van der Waals surface area (Å²) in [6.45, 7) is 5.53. The van der Waals surface area contributed by atoms with E-state index in [-0.39, 0.29) is 11.6 Å². The van der Waals surface area contributed by atoms with Gasteiger partial charge in [-0.1, -0.05) is 59.3 Å². The quantitative estimate of drug-likeness (QED) is 0.180. The Bertz CT molecular complexity index is 1420. The van der Waals surface area contributed by atoms with Gasteiger partial charge in [-0.2, -0.15) is 0 Å². The molecule has 0 bridgehead atoms. The Morgan fingerprint density at radius 3 is 2.57 bits per heavy atom. The van der Waals surface area contributed by atoms with E-state index in [0.29, 0.717) is 21.7 Å². The van der Waals surface area contributed by atoms with Gasteiger partial charge in [-0.3, -0.25) is 19.5 Å². The smallest absolute Gasteiger partial charge is 0.271 e. The fourth-order valence-electron chi connectivity index (χ4n) is 3.47. The third-order valence-electron chi connectivity index (χ3n) is 5.32. The molecular weight excluding hydrogens is 486 g/mol. The number of benzene rings is 3. The van der Waals surface area contributed by atoms with Gasteiger partial charge in [0.2, 0.25) is 5.91 Å². The highest BCUT2D eigenvalue weighted by Gasteiger charge is 2.23. The molecular formula is C25H22ClN5O3S. The molecule has 0 aliphatic carbocycles. The number of anilines is 1. The number of carbonyl (C=O) groups excluding carboxylic acids is 1. The van der Waals surface area contributed by atoms with Crippen LogP contribution in [0.1, 0.15) is 18.1 Å². The number of nitrogens with one attached hydrogen (secondary N) is 1. The minimum Gasteiger partial charge on any atom is -0.325 e. The van der Waals surface area contributed by atoms with Gasteiger partial charge >= 0.3 is 0 Å². The molecule has 0 fully saturated rings. The van der Waals surface area contributed by atoms with Crippen molar-refractivity contribution in [3.8, 4) is 17.1 Å². The van der Waals surface area contributed by atoms with Crippen LogP contribution in [0.5, 0.6) is 0 Å². The number of hydrogen-bond acceptors (Lipinski definition) is 6. The van der Waals surface area contributed by atoms with E-state index in [4.69, 9.17) is 11.6 Å². The van der Waals surface area contributed by atoms with Crippen LogP contribution in [0.2, 0.25) is 5.02 Å². The highest BCUT2D eigenvalue weighted by molar-refractivity contribution is 8.00. The molecule has 1 N–H and O–H groups in total. The summed E-state index contributed by atoms with van der Waals surface area (Å²) < 4.78 is 1.87. The van der Waals surface area contributed by atoms with Gasteiger partial charge in [-0.15, -0.1) is 10.2 Å². The second-order valence-corrected chi connectivity index (χ2v) is 9.74. The van der Waals surface area contributed by atoms with E-state index in [9.17, 15) is 14.9 Å². The number of halogens is 1. The van der Waals surface area contributed by atoms with Gasteiger partial charge in [0.15, 0.2) is 11.0 Å². The topological polar surface area (TPSA) is 103 Å². The van der Waals surface area contributed by atoms with Gasteiger partial charge in [-0.05, 0) is 50.6 Å². The summed E-state index contributed by atoms with van der Waals surface area (Å²) in [5.41, 5.74) is 3.77. The molecule has 178 valence electrons. The monoisotopic (exact) mass is 507 g/mol. The van der Waals surface area contributed by atoms with Crippen molar-refractivity contribution in [3.63, 3.8) is 0 Å². The number of aromatic nitrogens is 3. The maximum Gasteiger partial charge on any atom is 0.271 e. The summed E-state index contributed by atoms with van der Waals surface area (Å²) >= 11 is 7.50. The molecule has 1 amide bonds. The third kappa shape index (κ3) is 5.52. The number of nitro groups is 1. The lowest BCUT2D eigenvalue weighted by Crippen LogP contribution is -2.23. The normalized spacial score (nSPS) is 11.8. The Morgan fingerprint density at radius 1 is 1.09 bits per heavy atom. The van der Waals surface area contributed by atoms with Crippen LogP contribution in [-0.4, -0.2) is 30.8 Å². The maximum absolute atomic E-state index is 13.0. The van der Waals surface area contributed by atoms with Crippen molar-refractivity contribution in [2.24, 2.45) is 0 Å². The van der Waals surface area contributed by atoms with Crippen LogP contribution >= 0.6 is 23.4 Å². The zero-order chi connectivity index (χ0) is 25.1. The van der Waals surface area contributed by atoms with Crippen molar-refractivity contribution in [1.82, 2.24) is 14.8 Å². The molecule has 1 unspecified atom stereocenters. The first kappa shape index (κ1) is 24.4. The second kappa shape index (κ2) is 10.3. The molecule has 10 heteroatoms. The summed E-state index contributed by atoms with van der Waals surface area (Å²) in [6, 6.07) is 19.6. The van der Waals surface area contributed by atoms with Crippen LogP contribution in [0.4, 0.5) is 11.4 Å². The standard InChI is InChI=1S/C25H22ClN5O3S/c1-15-6-4-7-18(12-15)23-28-29-25(30(23)20-9-5-8-19(26)13-20)35-17(3)24(32)27-22-14-21(31(33)34)11-10-16(22)2/h4-14,17H,1-3H3,(H,27,32). The van der Waals surface area contributed by atoms with Gasteiger partial charge < -0.3 is 5.32 Å². The first-order valence-corrected chi connectivity index (χ1v) is 12.0. The zero-order valence-electron chi connectivity index (χ0n) is 19.2. The Hall–Kier alpha value is -3.69. The van der Waals surface area contributed by atoms with Crippen molar-refractivity contribution in [1.29, 1.82) is 0 Å². The fraction of sp³-hybridized carbons (Fsp3) is 0.160. The molecule has 1 atom stereocenters. The van der Waals surface area contributed by atoms with E-state index in [1.165, 1.54) is 23.9 Å². The Kier molecular flexibility index (Phi) is 7.18. The van der Waals surface area contributed by atoms with E-state index in [1.807, 2.05) is 54.0 Å². The summed E-state index contributed by atoms with van der Waals surface area (Å²) in [4.78, 5) is 23.6. The summed E-state index contributed by atoms with van der Waals surface area (Å²) in [6.07, 6.45) is 0. The van der Waals surface area contributed by atoms with Gasteiger partial charge in [0.05, 0.1) is 21.5 Å². The van der Waals surface area contributed by atoms with Crippen LogP contribution in [0.3, 0.4) is 0 Å². The lowest BCUT2D eigenvalue weighted by molar-refractivity contribution is -0.384. The number of aryl methyl sites for hydroxylation is 2. The summed E-state index contributed by atoms with van der Waals surface area (Å²) in [5, 5.41) is 23.2. The Labute approximate surface area is 211 Å². The second-order valence-electron chi connectivity index (χ2n) is 8.00. The lowest BCUT2D eigenvalue weighted by atomic mass is 10.1. The van der Waals surface area contributed by atoms with Crippen molar-refractivity contribution >= 4 is 40.6 Å². The van der Waals surface area contributed by atoms with Gasteiger partial charge in [0, 0.05) is 22.7 Å². The van der Waals surface area contributed by atoms with E-state index in [2.05, 4.69) is 15.5 Å². The van der Waals surface area contributed by atoms with E-state index in [1.54, 1.807) is 26.0 Å². The van der Waals surface area contributed by atoms with Crippen molar-refractivity contribution in [3.05, 3.63) is 93.0 Å². The summed E-state index contributed by atoms with van der Waals surface area (Å²) in [5.74, 6) is 0.317. The van der Waals surface area contributed by atoms with Gasteiger partial charge in [-0.25, -0.2) is 0 Å². The molecule has 35 heavy (non-hydrogen) atoms. The van der Waals surface area contributed by atoms with Crippen LogP contribution in [0.25, 0.3) is 17.1 Å². The minimum absolute atomic E-state index is 0.0882. The predicted molar refractivity (Wildman–Crippen MR) is 138 cm³/mol. The van der Waals surface area contributed by atoms with Crippen molar-refractivity contribution in [2.75, 3.05) is 5.32 Å². The number of hydrogen-bond donors (Lipinski definition) is 1. The highest BCUT2D eigenvalue weighted by atomic mass is 35.5. The minimum atomic E-state index is -0.568. The van der Waals surface area contributed by atoms with E-state index >= 15 is 0 Å². The molecule has 4 aromatic rings. The number of nitrogens with zero attached hydrogens (tertiary/aromatic N) is 4. The number of carbonyl (C=O) groups is 1. The number of rotatable bonds is 7. The maximum atomic E-state index is 13.0. The van der Waals surface area contributed by atoms with Gasteiger partial charge in [0.25, 0.3) is 5.69 Å². The van der Waals surface area contributed by atoms with Crippen molar-refractivity contribution < 1.29 is 9.72 Å². The fourth-order valence-corrected chi connectivity index (χ4v) is 4.52. The Morgan fingerprint density at radius 2 is 1.86 bits per heavy atom. The number of non-ortho nitro benzene ring substituents is 1. The molecule has 4 rings (SSSR count). The van der Waals surface area contributed by atoms with Crippen LogP contribution < -0.4 is 5.32 Å². The predicted octanol–water partition coefficient (Wildman–Crippen LogP) is 6.23. The molecule has 8 nitrogen and oxygen atoms in total. The number of thioether (sulfide) groups is 1. The lowest BCUT2D eigenvalue weighted by Gasteiger charge is -2.15. The van der Waals surface area contributed by atoms with Crippen molar-refractivity contribution in [2.45, 2.75) is 31.2 Å². The first-order valence-electron chi connectivity index (χ1n) is 10.7. The zero-order valence-corrected chi connectivity index (χ0v) is 20.8. The Balaban J connectivity index is 1.66. The van der Waals surface area contributed by atoms with E-state index in [0.717, 1.165) is 22.4 Å². The van der Waals surface area contributed by atoms with Gasteiger partial charge in [0.1, 0.15) is 0 Å². The molecule has 1 heterocycles. The summed E-state index contributed by atoms with van der Waals surface area (Å²) in [7, 11) is 0. The third-order valence-corrected chi connectivity index (χ3v) is 6.60. The highest BCUT2D eigenvalue weighted by Crippen LogP contribution is 2.32. The molecule has 0 saturated carbocycles. The first-order chi connectivity index (χ1) is 16.7. The molecule has 0 saturated heterocycles. The average molecular weight is 508 g/mol. The van der Waals surface area contributed by atoms with Crippen LogP contribution in [-0.2, 0) is 4.79 Å². The molecule has 0 spiro atoms. The number of nitro benzene ring substituents is 1. The molecule has 3 aromatic carbocycles. The van der Waals surface area contributed by atoms with Crippen LogP contribution in [0, 0.1) is 24.0 Å². The molecule has 0 radical (unpaired) electrons. The molecule has 0 aliphatic heterocycles. The number of amides is 1.